The molecule has 1 amide bonds. The van der Waals surface area contributed by atoms with E-state index in [0.717, 1.165) is 35.4 Å². The van der Waals surface area contributed by atoms with E-state index in [1.807, 2.05) is 13.8 Å². The number of carbonyl (C=O) groups is 1. The lowest BCUT2D eigenvalue weighted by atomic mass is 9.88. The van der Waals surface area contributed by atoms with E-state index in [1.165, 1.54) is 24.0 Å². The standard InChI is InChI=1S/C25H34N2O4S/c1-5-24(21-12-11-19-9-7-8-10-20(19)17-21)26-25(28)18(3)27(32(4,29)30)22-13-15-23(16-14-22)31-6-2/h11-18,24H,5-10H2,1-4H3,(H,26,28)/t18-,24+/m0/s1. The maximum absolute atomic E-state index is 13.2. The van der Waals surface area contributed by atoms with E-state index in [2.05, 4.69) is 23.5 Å². The fourth-order valence-electron chi connectivity index (χ4n) is 4.35. The Morgan fingerprint density at radius 2 is 1.72 bits per heavy atom. The van der Waals surface area contributed by atoms with E-state index in [-0.39, 0.29) is 11.9 Å². The molecule has 7 heteroatoms. The highest BCUT2D eigenvalue weighted by Gasteiger charge is 2.30. The molecule has 0 unspecified atom stereocenters. The fourth-order valence-corrected chi connectivity index (χ4v) is 5.52. The van der Waals surface area contributed by atoms with Crippen molar-refractivity contribution in [3.63, 3.8) is 0 Å². The summed E-state index contributed by atoms with van der Waals surface area (Å²) >= 11 is 0. The Labute approximate surface area is 192 Å². The quantitative estimate of drug-likeness (QED) is 0.605. The Morgan fingerprint density at radius 3 is 2.31 bits per heavy atom. The van der Waals surface area contributed by atoms with Gasteiger partial charge in [-0.3, -0.25) is 9.10 Å². The second-order valence-electron chi connectivity index (χ2n) is 8.37. The largest absolute Gasteiger partial charge is 0.494 e. The van der Waals surface area contributed by atoms with E-state index in [1.54, 1.807) is 31.2 Å². The number of hydrogen-bond donors (Lipinski definition) is 1. The Balaban J connectivity index is 1.80. The number of hydrogen-bond acceptors (Lipinski definition) is 4. The molecule has 0 saturated carbocycles. The summed E-state index contributed by atoms with van der Waals surface area (Å²) in [4.78, 5) is 13.2. The molecule has 2 aromatic carbocycles. The van der Waals surface area contributed by atoms with Crippen LogP contribution in [0.2, 0.25) is 0 Å². The molecule has 0 aliphatic heterocycles. The summed E-state index contributed by atoms with van der Waals surface area (Å²) < 4.78 is 31.8. The molecule has 2 atom stereocenters. The first-order chi connectivity index (χ1) is 15.2. The van der Waals surface area contributed by atoms with Gasteiger partial charge in [-0.05, 0) is 86.9 Å². The molecule has 1 aliphatic carbocycles. The molecule has 1 N–H and O–H groups in total. The van der Waals surface area contributed by atoms with E-state index < -0.39 is 16.1 Å². The molecule has 32 heavy (non-hydrogen) atoms. The van der Waals surface area contributed by atoms with Crippen LogP contribution in [0.5, 0.6) is 5.75 Å². The number of ether oxygens (including phenoxy) is 1. The van der Waals surface area contributed by atoms with Gasteiger partial charge in [0.05, 0.1) is 24.6 Å². The van der Waals surface area contributed by atoms with Crippen molar-refractivity contribution in [3.05, 3.63) is 59.2 Å². The third kappa shape index (κ3) is 5.63. The van der Waals surface area contributed by atoms with Crippen LogP contribution in [-0.2, 0) is 27.7 Å². The molecule has 0 heterocycles. The molecule has 1 aliphatic rings. The first-order valence-corrected chi connectivity index (χ1v) is 13.2. The van der Waals surface area contributed by atoms with Gasteiger partial charge >= 0.3 is 0 Å². The van der Waals surface area contributed by atoms with Gasteiger partial charge in [-0.2, -0.15) is 0 Å². The van der Waals surface area contributed by atoms with Crippen molar-refractivity contribution in [2.45, 2.75) is 65.0 Å². The van der Waals surface area contributed by atoms with E-state index >= 15 is 0 Å². The number of nitrogens with zero attached hydrogens (tertiary/aromatic N) is 1. The topological polar surface area (TPSA) is 75.7 Å². The molecule has 6 nitrogen and oxygen atoms in total. The number of carbonyl (C=O) groups excluding carboxylic acids is 1. The molecule has 0 saturated heterocycles. The van der Waals surface area contributed by atoms with Gasteiger partial charge in [-0.25, -0.2) is 8.42 Å². The number of nitrogens with one attached hydrogen (secondary N) is 1. The van der Waals surface area contributed by atoms with Crippen molar-refractivity contribution in [2.75, 3.05) is 17.2 Å². The summed E-state index contributed by atoms with van der Waals surface area (Å²) in [5.41, 5.74) is 4.26. The van der Waals surface area contributed by atoms with Crippen molar-refractivity contribution >= 4 is 21.6 Å². The average molecular weight is 459 g/mol. The molecule has 2 aromatic rings. The highest BCUT2D eigenvalue weighted by Crippen LogP contribution is 2.27. The van der Waals surface area contributed by atoms with Gasteiger partial charge in [0.25, 0.3) is 0 Å². The number of amides is 1. The monoisotopic (exact) mass is 458 g/mol. The van der Waals surface area contributed by atoms with E-state index in [9.17, 15) is 13.2 Å². The summed E-state index contributed by atoms with van der Waals surface area (Å²) in [6.07, 6.45) is 6.45. The SMILES string of the molecule is CCOc1ccc(N([C@@H](C)C(=O)N[C@H](CC)c2ccc3c(c2)CCCC3)S(C)(=O)=O)cc1. The molecule has 0 aromatic heterocycles. The number of benzene rings is 2. The lowest BCUT2D eigenvalue weighted by molar-refractivity contribution is -0.122. The maximum atomic E-state index is 13.2. The van der Waals surface area contributed by atoms with Crippen LogP contribution in [0.3, 0.4) is 0 Å². The van der Waals surface area contributed by atoms with Gasteiger partial charge in [0.15, 0.2) is 0 Å². The van der Waals surface area contributed by atoms with Crippen molar-refractivity contribution in [1.82, 2.24) is 5.32 Å². The zero-order valence-corrected chi connectivity index (χ0v) is 20.2. The summed E-state index contributed by atoms with van der Waals surface area (Å²) in [5.74, 6) is 0.328. The maximum Gasteiger partial charge on any atom is 0.244 e. The van der Waals surface area contributed by atoms with Crippen LogP contribution >= 0.6 is 0 Å². The van der Waals surface area contributed by atoms with Gasteiger partial charge in [-0.15, -0.1) is 0 Å². The van der Waals surface area contributed by atoms with Crippen LogP contribution in [0, 0.1) is 0 Å². The summed E-state index contributed by atoms with van der Waals surface area (Å²) in [5, 5.41) is 3.07. The fraction of sp³-hybridized carbons (Fsp3) is 0.480. The smallest absolute Gasteiger partial charge is 0.244 e. The van der Waals surface area contributed by atoms with Gasteiger partial charge in [0.2, 0.25) is 15.9 Å². The third-order valence-electron chi connectivity index (χ3n) is 5.99. The second kappa shape index (κ2) is 10.4. The Morgan fingerprint density at radius 1 is 1.06 bits per heavy atom. The number of fused-ring (bicyclic) bond motifs is 1. The zero-order chi connectivity index (χ0) is 23.3. The Bertz CT molecular complexity index is 1030. The van der Waals surface area contributed by atoms with Crippen LogP contribution < -0.4 is 14.4 Å². The van der Waals surface area contributed by atoms with Crippen LogP contribution in [0.1, 0.15) is 62.8 Å². The molecule has 0 fully saturated rings. The summed E-state index contributed by atoms with van der Waals surface area (Å²) in [7, 11) is -3.67. The predicted molar refractivity (Wildman–Crippen MR) is 129 cm³/mol. The molecular weight excluding hydrogens is 424 g/mol. The van der Waals surface area contributed by atoms with Crippen molar-refractivity contribution in [2.24, 2.45) is 0 Å². The van der Waals surface area contributed by atoms with Crippen molar-refractivity contribution < 1.29 is 17.9 Å². The first kappa shape index (κ1) is 24.1. The molecule has 0 radical (unpaired) electrons. The van der Waals surface area contributed by atoms with Crippen LogP contribution in [0.4, 0.5) is 5.69 Å². The Hall–Kier alpha value is -2.54. The van der Waals surface area contributed by atoms with Crippen molar-refractivity contribution in [3.8, 4) is 5.75 Å². The average Bonchev–Trinajstić information content (AvgIpc) is 2.77. The summed E-state index contributed by atoms with van der Waals surface area (Å²) in [6, 6.07) is 12.2. The van der Waals surface area contributed by atoms with Crippen LogP contribution in [-0.4, -0.2) is 33.2 Å². The number of anilines is 1. The minimum Gasteiger partial charge on any atom is -0.494 e. The minimum atomic E-state index is -3.67. The molecule has 3 rings (SSSR count). The molecule has 174 valence electrons. The minimum absolute atomic E-state index is 0.168. The van der Waals surface area contributed by atoms with Gasteiger partial charge in [0.1, 0.15) is 11.8 Å². The lowest BCUT2D eigenvalue weighted by Crippen LogP contribution is -2.48. The normalized spacial score (nSPS) is 15.4. The molecular formula is C25H34N2O4S. The highest BCUT2D eigenvalue weighted by molar-refractivity contribution is 7.92. The second-order valence-corrected chi connectivity index (χ2v) is 10.2. The van der Waals surface area contributed by atoms with Gasteiger partial charge in [-0.1, -0.05) is 25.1 Å². The number of sulfonamides is 1. The third-order valence-corrected chi connectivity index (χ3v) is 7.23. The lowest BCUT2D eigenvalue weighted by Gasteiger charge is -2.30. The number of aryl methyl sites for hydroxylation is 2. The van der Waals surface area contributed by atoms with Crippen LogP contribution in [0.15, 0.2) is 42.5 Å². The van der Waals surface area contributed by atoms with Gasteiger partial charge < -0.3 is 10.1 Å². The summed E-state index contributed by atoms with van der Waals surface area (Å²) in [6.45, 7) is 6.05. The Kier molecular flexibility index (Phi) is 7.82. The molecule has 0 bridgehead atoms. The first-order valence-electron chi connectivity index (χ1n) is 11.4. The molecule has 0 spiro atoms. The van der Waals surface area contributed by atoms with E-state index in [0.29, 0.717) is 18.0 Å². The highest BCUT2D eigenvalue weighted by atomic mass is 32.2. The zero-order valence-electron chi connectivity index (χ0n) is 19.4. The van der Waals surface area contributed by atoms with E-state index in [4.69, 9.17) is 4.74 Å². The predicted octanol–water partition coefficient (Wildman–Crippen LogP) is 4.39. The van der Waals surface area contributed by atoms with Gasteiger partial charge in [0, 0.05) is 0 Å². The van der Waals surface area contributed by atoms with Crippen LogP contribution in [0.25, 0.3) is 0 Å². The number of rotatable bonds is 9. The van der Waals surface area contributed by atoms with Crippen molar-refractivity contribution in [1.29, 1.82) is 0 Å².